The molecule has 2 rings (SSSR count). The molecular weight excluding hydrogens is 416 g/mol. The first-order chi connectivity index (χ1) is 10.9. The predicted molar refractivity (Wildman–Crippen MR) is 86.2 cm³/mol. The first-order valence-electron chi connectivity index (χ1n) is 6.95. The smallest absolute Gasteiger partial charge is 0.347 e. The van der Waals surface area contributed by atoms with Gasteiger partial charge in [0.05, 0.1) is 4.47 Å². The zero-order valence-electron chi connectivity index (χ0n) is 12.8. The van der Waals surface area contributed by atoms with E-state index >= 15 is 0 Å². The molecule has 2 aromatic rings. The van der Waals surface area contributed by atoms with Crippen LogP contribution in [0.4, 0.5) is 17.6 Å². The Morgan fingerprint density at radius 2 is 1.92 bits per heavy atom. The zero-order valence-corrected chi connectivity index (χ0v) is 15.2. The summed E-state index contributed by atoms with van der Waals surface area (Å²) in [5.41, 5.74) is -4.51. The quantitative estimate of drug-likeness (QED) is 0.724. The third-order valence-electron chi connectivity index (χ3n) is 3.32. The van der Waals surface area contributed by atoms with Gasteiger partial charge in [0.25, 0.3) is 0 Å². The molecular formula is C14H15BrF4N2O2S. The van der Waals surface area contributed by atoms with Crippen LogP contribution >= 0.6 is 15.9 Å². The number of hydrogen-bond donors (Lipinski definition) is 1. The van der Waals surface area contributed by atoms with Crippen LogP contribution in [0.5, 0.6) is 0 Å². The Kier molecular flexibility index (Phi) is 5.31. The van der Waals surface area contributed by atoms with E-state index in [-0.39, 0.29) is 16.0 Å². The van der Waals surface area contributed by atoms with Crippen molar-refractivity contribution in [2.24, 2.45) is 5.92 Å². The minimum atomic E-state index is -5.46. The number of aromatic nitrogens is 1. The molecule has 0 aliphatic rings. The van der Waals surface area contributed by atoms with Crippen molar-refractivity contribution in [1.29, 1.82) is 0 Å². The van der Waals surface area contributed by atoms with Gasteiger partial charge in [0, 0.05) is 30.2 Å². The van der Waals surface area contributed by atoms with Crippen molar-refractivity contribution in [3.05, 3.63) is 34.2 Å². The SMILES string of the molecule is CC(C)Cn1cc(CNS(=O)(=O)C(F)(F)F)c2cc(F)c(Br)cc21. The summed E-state index contributed by atoms with van der Waals surface area (Å²) in [5.74, 6) is -0.339. The van der Waals surface area contributed by atoms with E-state index in [1.165, 1.54) is 23.1 Å². The highest BCUT2D eigenvalue weighted by Gasteiger charge is 2.45. The highest BCUT2D eigenvalue weighted by atomic mass is 79.9. The number of hydrogen-bond acceptors (Lipinski definition) is 2. The first kappa shape index (κ1) is 19.2. The Morgan fingerprint density at radius 1 is 1.29 bits per heavy atom. The lowest BCUT2D eigenvalue weighted by molar-refractivity contribution is -0.0448. The highest BCUT2D eigenvalue weighted by Crippen LogP contribution is 2.29. The van der Waals surface area contributed by atoms with Crippen molar-refractivity contribution in [2.45, 2.75) is 32.4 Å². The third-order valence-corrected chi connectivity index (χ3v) is 5.07. The molecule has 0 saturated carbocycles. The van der Waals surface area contributed by atoms with Crippen LogP contribution in [0.2, 0.25) is 0 Å². The normalized spacial score (nSPS) is 13.2. The number of sulfonamides is 1. The molecule has 1 aromatic heterocycles. The Hall–Kier alpha value is -1.13. The van der Waals surface area contributed by atoms with Crippen LogP contribution in [-0.2, 0) is 23.1 Å². The van der Waals surface area contributed by atoms with E-state index in [1.807, 2.05) is 13.8 Å². The molecule has 0 unspecified atom stereocenters. The Labute approximate surface area is 145 Å². The van der Waals surface area contributed by atoms with Gasteiger partial charge in [-0.25, -0.2) is 17.5 Å². The van der Waals surface area contributed by atoms with Crippen molar-refractivity contribution in [3.8, 4) is 0 Å². The molecule has 0 aliphatic carbocycles. The molecule has 0 fully saturated rings. The molecule has 0 aliphatic heterocycles. The van der Waals surface area contributed by atoms with Gasteiger partial charge in [-0.1, -0.05) is 13.8 Å². The summed E-state index contributed by atoms with van der Waals surface area (Å²) in [7, 11) is -5.46. The molecule has 0 radical (unpaired) electrons. The number of alkyl halides is 3. The van der Waals surface area contributed by atoms with Crippen LogP contribution in [0.25, 0.3) is 10.9 Å². The number of rotatable bonds is 5. The van der Waals surface area contributed by atoms with Gasteiger partial charge in [-0.2, -0.15) is 13.2 Å². The zero-order chi connectivity index (χ0) is 18.3. The fourth-order valence-corrected chi connectivity index (χ4v) is 3.14. The van der Waals surface area contributed by atoms with E-state index in [0.29, 0.717) is 17.4 Å². The number of fused-ring (bicyclic) bond motifs is 1. The van der Waals surface area contributed by atoms with Crippen LogP contribution in [0.15, 0.2) is 22.8 Å². The van der Waals surface area contributed by atoms with Crippen molar-refractivity contribution in [1.82, 2.24) is 9.29 Å². The van der Waals surface area contributed by atoms with Crippen LogP contribution in [0, 0.1) is 11.7 Å². The first-order valence-corrected chi connectivity index (χ1v) is 9.22. The van der Waals surface area contributed by atoms with E-state index in [1.54, 1.807) is 4.57 Å². The maximum atomic E-state index is 13.8. The largest absolute Gasteiger partial charge is 0.511 e. The summed E-state index contributed by atoms with van der Waals surface area (Å²) in [5, 5.41) is 0.362. The fraction of sp³-hybridized carbons (Fsp3) is 0.429. The van der Waals surface area contributed by atoms with E-state index < -0.39 is 27.9 Å². The van der Waals surface area contributed by atoms with Crippen LogP contribution in [0.1, 0.15) is 19.4 Å². The maximum Gasteiger partial charge on any atom is 0.511 e. The van der Waals surface area contributed by atoms with E-state index in [2.05, 4.69) is 15.9 Å². The minimum Gasteiger partial charge on any atom is -0.347 e. The molecule has 0 saturated heterocycles. The molecule has 0 atom stereocenters. The van der Waals surface area contributed by atoms with Gasteiger partial charge >= 0.3 is 15.5 Å². The van der Waals surface area contributed by atoms with E-state index in [4.69, 9.17) is 0 Å². The number of nitrogens with one attached hydrogen (secondary N) is 1. The lowest BCUT2D eigenvalue weighted by atomic mass is 10.2. The van der Waals surface area contributed by atoms with Gasteiger partial charge in [0.2, 0.25) is 0 Å². The number of benzene rings is 1. The molecule has 24 heavy (non-hydrogen) atoms. The van der Waals surface area contributed by atoms with Crippen LogP contribution in [-0.4, -0.2) is 18.5 Å². The minimum absolute atomic E-state index is 0.223. The third kappa shape index (κ3) is 3.92. The lowest BCUT2D eigenvalue weighted by Crippen LogP contribution is -2.35. The maximum absolute atomic E-state index is 13.8. The highest BCUT2D eigenvalue weighted by molar-refractivity contribution is 9.10. The average molecular weight is 431 g/mol. The number of nitrogens with zero attached hydrogens (tertiary/aromatic N) is 1. The summed E-state index contributed by atoms with van der Waals surface area (Å²) in [6.07, 6.45) is 1.54. The van der Waals surface area contributed by atoms with Gasteiger partial charge in [0.15, 0.2) is 0 Å². The lowest BCUT2D eigenvalue weighted by Gasteiger charge is -2.09. The Morgan fingerprint density at radius 3 is 2.46 bits per heavy atom. The summed E-state index contributed by atoms with van der Waals surface area (Å²) in [4.78, 5) is 0. The summed E-state index contributed by atoms with van der Waals surface area (Å²) in [6.45, 7) is 3.89. The van der Waals surface area contributed by atoms with Gasteiger partial charge < -0.3 is 4.57 Å². The van der Waals surface area contributed by atoms with E-state index in [0.717, 1.165) is 0 Å². The van der Waals surface area contributed by atoms with Gasteiger partial charge in [0.1, 0.15) is 5.82 Å². The molecule has 0 bridgehead atoms. The second kappa shape index (κ2) is 6.64. The predicted octanol–water partition coefficient (Wildman–Crippen LogP) is 4.14. The second-order valence-corrected chi connectivity index (χ2v) is 8.37. The Balaban J connectivity index is 2.45. The molecule has 1 aromatic carbocycles. The van der Waals surface area contributed by atoms with Crippen molar-refractivity contribution in [2.75, 3.05) is 0 Å². The standard InChI is InChI=1S/C14H15BrF4N2O2S/c1-8(2)6-21-7-9(5-20-24(22,23)14(17,18)19)10-3-12(16)11(15)4-13(10)21/h3-4,7-8,20H,5-6H2,1-2H3. The van der Waals surface area contributed by atoms with Crippen molar-refractivity contribution < 1.29 is 26.0 Å². The summed E-state index contributed by atoms with van der Waals surface area (Å²) < 4.78 is 76.8. The van der Waals surface area contributed by atoms with Gasteiger partial charge in [-0.3, -0.25) is 0 Å². The topological polar surface area (TPSA) is 51.1 Å². The van der Waals surface area contributed by atoms with E-state index in [9.17, 15) is 26.0 Å². The molecule has 134 valence electrons. The number of halogens is 5. The molecule has 1 N–H and O–H groups in total. The molecule has 10 heteroatoms. The van der Waals surface area contributed by atoms with Gasteiger partial charge in [-0.05, 0) is 39.5 Å². The molecule has 0 spiro atoms. The summed E-state index contributed by atoms with van der Waals surface area (Å²) >= 11 is 3.07. The van der Waals surface area contributed by atoms with Gasteiger partial charge in [-0.15, -0.1) is 0 Å². The fourth-order valence-electron chi connectivity index (χ4n) is 2.30. The van der Waals surface area contributed by atoms with Crippen molar-refractivity contribution in [3.63, 3.8) is 0 Å². The molecule has 4 nitrogen and oxygen atoms in total. The van der Waals surface area contributed by atoms with Crippen LogP contribution < -0.4 is 4.72 Å². The monoisotopic (exact) mass is 430 g/mol. The molecule has 0 amide bonds. The van der Waals surface area contributed by atoms with Crippen LogP contribution in [0.3, 0.4) is 0 Å². The van der Waals surface area contributed by atoms with Crippen molar-refractivity contribution >= 4 is 36.9 Å². The summed E-state index contributed by atoms with van der Waals surface area (Å²) in [6, 6.07) is 2.70. The average Bonchev–Trinajstić information content (AvgIpc) is 2.73. The Bertz CT molecular complexity index is 860. The second-order valence-electron chi connectivity index (χ2n) is 5.75. The molecule has 1 heterocycles.